The molecule has 1 aliphatic heterocycles. The molecule has 0 bridgehead atoms. The monoisotopic (exact) mass is 229 g/mol. The van der Waals surface area contributed by atoms with Gasteiger partial charge in [-0.15, -0.1) is 0 Å². The van der Waals surface area contributed by atoms with Crippen LogP contribution in [0.25, 0.3) is 0 Å². The van der Waals surface area contributed by atoms with Crippen LogP contribution in [0.3, 0.4) is 0 Å². The second kappa shape index (κ2) is 6.48. The van der Waals surface area contributed by atoms with Crippen molar-refractivity contribution in [3.8, 4) is 0 Å². The SMILES string of the molecule is CCCOCC(=O)N1CCCC(C(=O)O)C1. The fourth-order valence-electron chi connectivity index (χ4n) is 1.80. The van der Waals surface area contributed by atoms with Gasteiger partial charge in [0, 0.05) is 19.7 Å². The molecule has 16 heavy (non-hydrogen) atoms. The van der Waals surface area contributed by atoms with Crippen molar-refractivity contribution < 1.29 is 19.4 Å². The Labute approximate surface area is 95.4 Å². The van der Waals surface area contributed by atoms with Gasteiger partial charge >= 0.3 is 5.97 Å². The van der Waals surface area contributed by atoms with Gasteiger partial charge in [-0.1, -0.05) is 6.92 Å². The van der Waals surface area contributed by atoms with Gasteiger partial charge in [0.15, 0.2) is 0 Å². The molecule has 1 atom stereocenters. The van der Waals surface area contributed by atoms with Crippen molar-refractivity contribution in [2.75, 3.05) is 26.3 Å². The molecule has 1 amide bonds. The van der Waals surface area contributed by atoms with Crippen molar-refractivity contribution in [3.63, 3.8) is 0 Å². The average Bonchev–Trinajstić information content (AvgIpc) is 2.29. The fourth-order valence-corrected chi connectivity index (χ4v) is 1.80. The largest absolute Gasteiger partial charge is 0.481 e. The van der Waals surface area contributed by atoms with Crippen LogP contribution in [-0.2, 0) is 14.3 Å². The zero-order valence-corrected chi connectivity index (χ0v) is 9.65. The highest BCUT2D eigenvalue weighted by Crippen LogP contribution is 2.16. The van der Waals surface area contributed by atoms with Crippen LogP contribution in [0.15, 0.2) is 0 Å². The summed E-state index contributed by atoms with van der Waals surface area (Å²) in [5.74, 6) is -1.32. The Morgan fingerprint density at radius 3 is 2.88 bits per heavy atom. The van der Waals surface area contributed by atoms with Gasteiger partial charge in [0.2, 0.25) is 5.91 Å². The minimum Gasteiger partial charge on any atom is -0.481 e. The Morgan fingerprint density at radius 1 is 1.50 bits per heavy atom. The van der Waals surface area contributed by atoms with Crippen LogP contribution in [0, 0.1) is 5.92 Å². The quantitative estimate of drug-likeness (QED) is 0.706. The smallest absolute Gasteiger partial charge is 0.308 e. The predicted octanol–water partition coefficient (Wildman–Crippen LogP) is 0.736. The van der Waals surface area contributed by atoms with Gasteiger partial charge in [-0.05, 0) is 19.3 Å². The summed E-state index contributed by atoms with van der Waals surface area (Å²) >= 11 is 0. The minimum atomic E-state index is -0.813. The molecule has 1 unspecified atom stereocenters. The number of amides is 1. The number of nitrogens with zero attached hydrogens (tertiary/aromatic N) is 1. The van der Waals surface area contributed by atoms with Crippen LogP contribution in [-0.4, -0.2) is 48.2 Å². The van der Waals surface area contributed by atoms with E-state index in [4.69, 9.17) is 9.84 Å². The number of aliphatic carboxylic acids is 1. The van der Waals surface area contributed by atoms with Crippen molar-refractivity contribution in [3.05, 3.63) is 0 Å². The summed E-state index contributed by atoms with van der Waals surface area (Å²) < 4.78 is 5.15. The molecule has 92 valence electrons. The second-order valence-corrected chi connectivity index (χ2v) is 4.07. The maximum Gasteiger partial charge on any atom is 0.308 e. The lowest BCUT2D eigenvalue weighted by atomic mass is 9.98. The van der Waals surface area contributed by atoms with E-state index in [0.29, 0.717) is 26.1 Å². The van der Waals surface area contributed by atoms with Crippen LogP contribution in [0.2, 0.25) is 0 Å². The van der Waals surface area contributed by atoms with Gasteiger partial charge < -0.3 is 14.7 Å². The molecule has 0 saturated carbocycles. The Bertz CT molecular complexity index is 254. The van der Waals surface area contributed by atoms with E-state index in [0.717, 1.165) is 12.8 Å². The molecular formula is C11H19NO4. The van der Waals surface area contributed by atoms with Crippen molar-refractivity contribution >= 4 is 11.9 Å². The van der Waals surface area contributed by atoms with Gasteiger partial charge in [-0.2, -0.15) is 0 Å². The Hall–Kier alpha value is -1.10. The van der Waals surface area contributed by atoms with Crippen molar-refractivity contribution in [2.24, 2.45) is 5.92 Å². The summed E-state index contributed by atoms with van der Waals surface area (Å²) in [5, 5.41) is 8.88. The molecular weight excluding hydrogens is 210 g/mol. The highest BCUT2D eigenvalue weighted by Gasteiger charge is 2.27. The molecule has 0 aromatic heterocycles. The molecule has 0 spiro atoms. The minimum absolute atomic E-state index is 0.0696. The van der Waals surface area contributed by atoms with E-state index in [1.165, 1.54) is 0 Å². The summed E-state index contributed by atoms with van der Waals surface area (Å²) in [7, 11) is 0. The maximum absolute atomic E-state index is 11.6. The zero-order valence-electron chi connectivity index (χ0n) is 9.65. The molecule has 0 radical (unpaired) electrons. The molecule has 1 fully saturated rings. The molecule has 5 heteroatoms. The highest BCUT2D eigenvalue weighted by atomic mass is 16.5. The van der Waals surface area contributed by atoms with Gasteiger partial charge in [0.1, 0.15) is 6.61 Å². The number of carbonyl (C=O) groups excluding carboxylic acids is 1. The second-order valence-electron chi connectivity index (χ2n) is 4.07. The van der Waals surface area contributed by atoms with Gasteiger partial charge in [0.25, 0.3) is 0 Å². The predicted molar refractivity (Wildman–Crippen MR) is 58.0 cm³/mol. The first-order valence-corrected chi connectivity index (χ1v) is 5.73. The van der Waals surface area contributed by atoms with E-state index in [9.17, 15) is 9.59 Å². The van der Waals surface area contributed by atoms with Gasteiger partial charge in [-0.3, -0.25) is 9.59 Å². The summed E-state index contributed by atoms with van der Waals surface area (Å²) in [6, 6.07) is 0. The normalized spacial score (nSPS) is 20.8. The Balaban J connectivity index is 2.35. The highest BCUT2D eigenvalue weighted by molar-refractivity contribution is 5.79. The van der Waals surface area contributed by atoms with Crippen LogP contribution in [0.5, 0.6) is 0 Å². The molecule has 0 aromatic carbocycles. The summed E-state index contributed by atoms with van der Waals surface area (Å²) in [4.78, 5) is 24.1. The summed E-state index contributed by atoms with van der Waals surface area (Å²) in [5.41, 5.74) is 0. The number of rotatable bonds is 5. The standard InChI is InChI=1S/C11H19NO4/c1-2-6-16-8-10(13)12-5-3-4-9(7-12)11(14)15/h9H,2-8H2,1H3,(H,14,15). The molecule has 1 saturated heterocycles. The number of carbonyl (C=O) groups is 2. The van der Waals surface area contributed by atoms with Gasteiger partial charge in [0.05, 0.1) is 5.92 Å². The third-order valence-corrected chi connectivity index (χ3v) is 2.70. The lowest BCUT2D eigenvalue weighted by molar-refractivity contribution is -0.147. The molecule has 1 N–H and O–H groups in total. The zero-order chi connectivity index (χ0) is 12.0. The van der Waals surface area contributed by atoms with Crippen LogP contribution in [0.4, 0.5) is 0 Å². The summed E-state index contributed by atoms with van der Waals surface area (Å²) in [6.07, 6.45) is 2.30. The van der Waals surface area contributed by atoms with E-state index in [1.807, 2.05) is 6.92 Å². The lowest BCUT2D eigenvalue weighted by Gasteiger charge is -2.30. The first-order chi connectivity index (χ1) is 7.65. The molecule has 1 rings (SSSR count). The van der Waals surface area contributed by atoms with Crippen molar-refractivity contribution in [1.82, 2.24) is 4.90 Å². The molecule has 0 aliphatic carbocycles. The van der Waals surface area contributed by atoms with E-state index in [2.05, 4.69) is 0 Å². The number of piperidine rings is 1. The third-order valence-electron chi connectivity index (χ3n) is 2.70. The molecule has 0 aromatic rings. The van der Waals surface area contributed by atoms with Gasteiger partial charge in [-0.25, -0.2) is 0 Å². The molecule has 1 aliphatic rings. The van der Waals surface area contributed by atoms with E-state index in [1.54, 1.807) is 4.90 Å². The third kappa shape index (κ3) is 3.81. The first-order valence-electron chi connectivity index (χ1n) is 5.73. The number of ether oxygens (including phenoxy) is 1. The topological polar surface area (TPSA) is 66.8 Å². The first kappa shape index (κ1) is 13.0. The number of carboxylic acid groups (broad SMARTS) is 1. The molecule has 1 heterocycles. The molecule has 5 nitrogen and oxygen atoms in total. The maximum atomic E-state index is 11.6. The van der Waals surface area contributed by atoms with Crippen molar-refractivity contribution in [1.29, 1.82) is 0 Å². The van der Waals surface area contributed by atoms with Crippen molar-refractivity contribution in [2.45, 2.75) is 26.2 Å². The Kier molecular flexibility index (Phi) is 5.25. The van der Waals surface area contributed by atoms with Crippen LogP contribution < -0.4 is 0 Å². The number of hydrogen-bond acceptors (Lipinski definition) is 3. The van der Waals surface area contributed by atoms with Crippen LogP contribution >= 0.6 is 0 Å². The lowest BCUT2D eigenvalue weighted by Crippen LogP contribution is -2.43. The number of hydrogen-bond donors (Lipinski definition) is 1. The number of carboxylic acids is 1. The Morgan fingerprint density at radius 2 is 2.25 bits per heavy atom. The van der Waals surface area contributed by atoms with E-state index >= 15 is 0 Å². The summed E-state index contributed by atoms with van der Waals surface area (Å²) in [6.45, 7) is 3.59. The van der Waals surface area contributed by atoms with Crippen LogP contribution in [0.1, 0.15) is 26.2 Å². The van der Waals surface area contributed by atoms with E-state index < -0.39 is 11.9 Å². The number of likely N-dealkylation sites (tertiary alicyclic amines) is 1. The van der Waals surface area contributed by atoms with E-state index in [-0.39, 0.29) is 12.5 Å². The fraction of sp³-hybridized carbons (Fsp3) is 0.818. The average molecular weight is 229 g/mol.